The molecule has 0 N–H and O–H groups in total. The number of carbonyl (C=O) groups is 1. The average molecular weight is 268 g/mol. The number of carbonyl (C=O) groups excluding carboxylic acids is 1. The number of aromatic nitrogens is 2. The van der Waals surface area contributed by atoms with Gasteiger partial charge in [-0.15, -0.1) is 11.3 Å². The van der Waals surface area contributed by atoms with E-state index < -0.39 is 0 Å². The van der Waals surface area contributed by atoms with Gasteiger partial charge in [0, 0.05) is 23.1 Å². The minimum absolute atomic E-state index is 0.254. The molecule has 0 unspecified atom stereocenters. The zero-order chi connectivity index (χ0) is 12.8. The second-order valence-electron chi connectivity index (χ2n) is 4.80. The third kappa shape index (κ3) is 1.64. The van der Waals surface area contributed by atoms with Crippen LogP contribution in [-0.2, 0) is 6.42 Å². The molecular weight excluding hydrogens is 256 g/mol. The highest BCUT2D eigenvalue weighted by molar-refractivity contribution is 7.17. The molecule has 0 saturated heterocycles. The Bertz CT molecular complexity index is 770. The SMILES string of the molecule is O=C1CCCc2sc3nc(-c4ccccc4)cn3c21. The first-order chi connectivity index (χ1) is 9.33. The van der Waals surface area contributed by atoms with Crippen LogP contribution in [0.4, 0.5) is 0 Å². The Morgan fingerprint density at radius 3 is 2.84 bits per heavy atom. The summed E-state index contributed by atoms with van der Waals surface area (Å²) in [5.41, 5.74) is 2.89. The van der Waals surface area contributed by atoms with Crippen molar-refractivity contribution < 1.29 is 4.79 Å². The molecule has 19 heavy (non-hydrogen) atoms. The topological polar surface area (TPSA) is 34.4 Å². The highest BCUT2D eigenvalue weighted by atomic mass is 32.1. The van der Waals surface area contributed by atoms with Crippen LogP contribution in [0.3, 0.4) is 0 Å². The van der Waals surface area contributed by atoms with E-state index in [1.54, 1.807) is 11.3 Å². The molecule has 0 radical (unpaired) electrons. The number of Topliss-reactive ketones (excluding diaryl/α,β-unsaturated/α-hetero) is 1. The van der Waals surface area contributed by atoms with Crippen LogP contribution in [0.25, 0.3) is 16.2 Å². The number of fused-ring (bicyclic) bond motifs is 3. The fourth-order valence-electron chi connectivity index (χ4n) is 2.62. The third-order valence-electron chi connectivity index (χ3n) is 3.53. The largest absolute Gasteiger partial charge is 0.292 e. The number of thiazole rings is 1. The van der Waals surface area contributed by atoms with E-state index in [0.29, 0.717) is 6.42 Å². The van der Waals surface area contributed by atoms with Gasteiger partial charge in [-0.05, 0) is 12.8 Å². The molecular formula is C15H12N2OS. The molecule has 3 nitrogen and oxygen atoms in total. The number of hydrogen-bond donors (Lipinski definition) is 0. The van der Waals surface area contributed by atoms with Crippen LogP contribution in [0.15, 0.2) is 36.5 Å². The predicted octanol–water partition coefficient (Wildman–Crippen LogP) is 3.58. The van der Waals surface area contributed by atoms with Crippen LogP contribution in [0.5, 0.6) is 0 Å². The van der Waals surface area contributed by atoms with Crippen molar-refractivity contribution in [2.24, 2.45) is 0 Å². The molecule has 0 atom stereocenters. The zero-order valence-corrected chi connectivity index (χ0v) is 11.1. The van der Waals surface area contributed by atoms with Crippen molar-refractivity contribution in [3.63, 3.8) is 0 Å². The van der Waals surface area contributed by atoms with Crippen molar-refractivity contribution in [1.82, 2.24) is 9.38 Å². The second-order valence-corrected chi connectivity index (χ2v) is 5.86. The number of imidazole rings is 1. The summed E-state index contributed by atoms with van der Waals surface area (Å²) in [4.78, 5) is 18.8. The quantitative estimate of drug-likeness (QED) is 0.676. The van der Waals surface area contributed by atoms with Gasteiger partial charge in [-0.2, -0.15) is 0 Å². The van der Waals surface area contributed by atoms with Crippen LogP contribution in [0, 0.1) is 0 Å². The predicted molar refractivity (Wildman–Crippen MR) is 75.8 cm³/mol. The van der Waals surface area contributed by atoms with E-state index in [0.717, 1.165) is 34.8 Å². The maximum Gasteiger partial charge on any atom is 0.195 e. The second kappa shape index (κ2) is 4.03. The smallest absolute Gasteiger partial charge is 0.195 e. The molecule has 1 aromatic carbocycles. The lowest BCUT2D eigenvalue weighted by Crippen LogP contribution is -2.10. The van der Waals surface area contributed by atoms with Crippen LogP contribution in [0.1, 0.15) is 28.2 Å². The molecule has 1 aliphatic rings. The summed E-state index contributed by atoms with van der Waals surface area (Å²) in [5, 5.41) is 0. The summed E-state index contributed by atoms with van der Waals surface area (Å²) >= 11 is 1.65. The maximum atomic E-state index is 12.1. The highest BCUT2D eigenvalue weighted by Crippen LogP contribution is 2.31. The molecule has 4 heteroatoms. The van der Waals surface area contributed by atoms with Crippen molar-refractivity contribution in [3.05, 3.63) is 47.1 Å². The number of benzene rings is 1. The third-order valence-corrected chi connectivity index (χ3v) is 4.65. The number of ketones is 1. The summed E-state index contributed by atoms with van der Waals surface area (Å²) in [5.74, 6) is 0.254. The first-order valence-corrected chi connectivity index (χ1v) is 7.24. The number of aryl methyl sites for hydroxylation is 1. The van der Waals surface area contributed by atoms with Gasteiger partial charge in [0.25, 0.3) is 0 Å². The summed E-state index contributed by atoms with van der Waals surface area (Å²) in [6.45, 7) is 0. The van der Waals surface area contributed by atoms with E-state index in [4.69, 9.17) is 0 Å². The van der Waals surface area contributed by atoms with Gasteiger partial charge >= 0.3 is 0 Å². The van der Waals surface area contributed by atoms with E-state index in [-0.39, 0.29) is 5.78 Å². The van der Waals surface area contributed by atoms with Crippen molar-refractivity contribution in [3.8, 4) is 11.3 Å². The molecule has 3 aromatic rings. The average Bonchev–Trinajstić information content (AvgIpc) is 2.97. The summed E-state index contributed by atoms with van der Waals surface area (Å²) in [7, 11) is 0. The standard InChI is InChI=1S/C15H12N2OS/c18-12-7-4-8-13-14(12)17-9-11(16-15(17)19-13)10-5-2-1-3-6-10/h1-3,5-6,9H,4,7-8H2. The van der Waals surface area contributed by atoms with Gasteiger partial charge in [0.05, 0.1) is 5.69 Å². The lowest BCUT2D eigenvalue weighted by Gasteiger charge is -2.08. The fourth-order valence-corrected chi connectivity index (χ4v) is 3.79. The van der Waals surface area contributed by atoms with E-state index >= 15 is 0 Å². The molecule has 0 spiro atoms. The molecule has 4 rings (SSSR count). The maximum absolute atomic E-state index is 12.1. The lowest BCUT2D eigenvalue weighted by atomic mass is 10.0. The normalized spacial score (nSPS) is 14.8. The molecule has 2 aromatic heterocycles. The van der Waals surface area contributed by atoms with Gasteiger partial charge in [0.2, 0.25) is 0 Å². The van der Waals surface area contributed by atoms with E-state index in [1.165, 1.54) is 4.88 Å². The summed E-state index contributed by atoms with van der Waals surface area (Å²) in [6, 6.07) is 10.1. The van der Waals surface area contributed by atoms with E-state index in [1.807, 2.05) is 40.9 Å². The van der Waals surface area contributed by atoms with Gasteiger partial charge < -0.3 is 0 Å². The van der Waals surface area contributed by atoms with Gasteiger partial charge in [-0.25, -0.2) is 4.98 Å². The van der Waals surface area contributed by atoms with Crippen LogP contribution < -0.4 is 0 Å². The first-order valence-electron chi connectivity index (χ1n) is 6.42. The Labute approximate surface area is 114 Å². The van der Waals surface area contributed by atoms with Crippen molar-refractivity contribution in [2.45, 2.75) is 19.3 Å². The Balaban J connectivity index is 1.92. The monoisotopic (exact) mass is 268 g/mol. The number of hydrogen-bond acceptors (Lipinski definition) is 3. The van der Waals surface area contributed by atoms with Gasteiger partial charge in [-0.1, -0.05) is 30.3 Å². The zero-order valence-electron chi connectivity index (χ0n) is 10.3. The number of nitrogens with zero attached hydrogens (tertiary/aromatic N) is 2. The van der Waals surface area contributed by atoms with Crippen molar-refractivity contribution in [1.29, 1.82) is 0 Å². The van der Waals surface area contributed by atoms with Gasteiger partial charge in [-0.3, -0.25) is 9.20 Å². The van der Waals surface area contributed by atoms with E-state index in [9.17, 15) is 4.79 Å². The Hall–Kier alpha value is -1.94. The summed E-state index contributed by atoms with van der Waals surface area (Å²) in [6.07, 6.45) is 4.64. The number of rotatable bonds is 1. The highest BCUT2D eigenvalue weighted by Gasteiger charge is 2.24. The Kier molecular flexibility index (Phi) is 2.32. The minimum Gasteiger partial charge on any atom is -0.292 e. The minimum atomic E-state index is 0.254. The Morgan fingerprint density at radius 1 is 1.16 bits per heavy atom. The molecule has 1 aliphatic carbocycles. The van der Waals surface area contributed by atoms with Crippen LogP contribution >= 0.6 is 11.3 Å². The molecule has 2 heterocycles. The van der Waals surface area contributed by atoms with Crippen LogP contribution in [-0.4, -0.2) is 15.2 Å². The summed E-state index contributed by atoms with van der Waals surface area (Å²) < 4.78 is 1.98. The first kappa shape index (κ1) is 10.9. The van der Waals surface area contributed by atoms with Gasteiger partial charge in [0.15, 0.2) is 10.7 Å². The molecule has 0 saturated carbocycles. The van der Waals surface area contributed by atoms with E-state index in [2.05, 4.69) is 4.98 Å². The molecule has 0 bridgehead atoms. The van der Waals surface area contributed by atoms with Crippen molar-refractivity contribution >= 4 is 22.1 Å². The Morgan fingerprint density at radius 2 is 2.00 bits per heavy atom. The molecule has 0 fully saturated rings. The lowest BCUT2D eigenvalue weighted by molar-refractivity contribution is 0.0967. The fraction of sp³-hybridized carbons (Fsp3) is 0.200. The molecule has 0 aliphatic heterocycles. The molecule has 0 amide bonds. The molecule has 94 valence electrons. The van der Waals surface area contributed by atoms with Crippen LogP contribution in [0.2, 0.25) is 0 Å². The van der Waals surface area contributed by atoms with Crippen molar-refractivity contribution in [2.75, 3.05) is 0 Å². The van der Waals surface area contributed by atoms with Gasteiger partial charge in [0.1, 0.15) is 5.69 Å².